The van der Waals surface area contributed by atoms with E-state index in [1.165, 1.54) is 4.90 Å². The number of hydrogen-bond donors (Lipinski definition) is 0. The predicted molar refractivity (Wildman–Crippen MR) is 75.1 cm³/mol. The summed E-state index contributed by atoms with van der Waals surface area (Å²) in [5.41, 5.74) is 0.970. The number of halogens is 2. The van der Waals surface area contributed by atoms with E-state index >= 15 is 0 Å². The highest BCUT2D eigenvalue weighted by atomic mass is 35.5. The first-order valence-electron chi connectivity index (χ1n) is 5.16. The van der Waals surface area contributed by atoms with Crippen molar-refractivity contribution in [3.8, 4) is 17.1 Å². The lowest BCUT2D eigenvalue weighted by atomic mass is 10.1. The Morgan fingerprint density at radius 3 is 2.74 bits per heavy atom. The Morgan fingerprint density at radius 1 is 1.32 bits per heavy atom. The molecule has 0 aliphatic heterocycles. The van der Waals surface area contributed by atoms with E-state index in [1.807, 2.05) is 0 Å². The number of amides is 1. The van der Waals surface area contributed by atoms with Crippen molar-refractivity contribution >= 4 is 41.0 Å². The summed E-state index contributed by atoms with van der Waals surface area (Å²) >= 11 is 12.9. The Kier molecular flexibility index (Phi) is 4.24. The molecule has 8 heteroatoms. The third kappa shape index (κ3) is 3.15. The van der Waals surface area contributed by atoms with Crippen LogP contribution in [-0.2, 0) is 0 Å². The van der Waals surface area contributed by atoms with Crippen molar-refractivity contribution in [2.45, 2.75) is 0 Å². The Morgan fingerprint density at radius 2 is 2.05 bits per heavy atom. The second kappa shape index (κ2) is 5.73. The van der Waals surface area contributed by atoms with Gasteiger partial charge in [-0.2, -0.15) is 4.37 Å². The molecule has 0 unspecified atom stereocenters. The lowest BCUT2D eigenvalue weighted by Gasteiger charge is -2.09. The van der Waals surface area contributed by atoms with E-state index in [9.17, 15) is 4.79 Å². The molecular formula is C11H9Cl2N3O2S. The molecule has 2 aromatic rings. The first-order valence-corrected chi connectivity index (χ1v) is 6.64. The molecule has 5 nitrogen and oxygen atoms in total. The third-order valence-electron chi connectivity index (χ3n) is 2.19. The maximum atomic E-state index is 11.5. The van der Waals surface area contributed by atoms with Gasteiger partial charge in [0.05, 0.1) is 16.8 Å². The fourth-order valence-electron chi connectivity index (χ4n) is 1.26. The average molecular weight is 318 g/mol. The summed E-state index contributed by atoms with van der Waals surface area (Å²) in [5, 5.41) is 0.969. The van der Waals surface area contributed by atoms with Gasteiger partial charge in [-0.1, -0.05) is 23.2 Å². The summed E-state index contributed by atoms with van der Waals surface area (Å²) in [6.07, 6.45) is -0.535. The van der Waals surface area contributed by atoms with E-state index in [2.05, 4.69) is 8.75 Å². The maximum absolute atomic E-state index is 11.5. The molecule has 1 aromatic carbocycles. The standard InChI is InChI=1S/C11H9Cl2N3O2S/c1-16(2)11(17)18-10-9(14-19-15-10)7-5-6(12)3-4-8(7)13/h3-5H,1-2H3. The van der Waals surface area contributed by atoms with Gasteiger partial charge in [0.15, 0.2) is 0 Å². The lowest BCUT2D eigenvalue weighted by molar-refractivity contribution is 0.170. The number of hydrogen-bond acceptors (Lipinski definition) is 5. The molecule has 1 heterocycles. The molecular weight excluding hydrogens is 309 g/mol. The zero-order valence-electron chi connectivity index (χ0n) is 10.1. The van der Waals surface area contributed by atoms with Crippen molar-refractivity contribution in [3.05, 3.63) is 28.2 Å². The van der Waals surface area contributed by atoms with E-state index in [0.717, 1.165) is 11.7 Å². The van der Waals surface area contributed by atoms with Crippen LogP contribution in [0, 0.1) is 0 Å². The lowest BCUT2D eigenvalue weighted by Crippen LogP contribution is -2.25. The van der Waals surface area contributed by atoms with Gasteiger partial charge in [-0.05, 0) is 18.2 Å². The minimum Gasteiger partial charge on any atom is -0.388 e. The normalized spacial score (nSPS) is 10.3. The van der Waals surface area contributed by atoms with E-state index in [1.54, 1.807) is 32.3 Å². The van der Waals surface area contributed by atoms with Crippen molar-refractivity contribution in [2.75, 3.05) is 14.1 Å². The van der Waals surface area contributed by atoms with Crippen LogP contribution in [0.5, 0.6) is 5.88 Å². The number of rotatable bonds is 2. The molecule has 0 saturated heterocycles. The molecule has 2 rings (SSSR count). The molecule has 100 valence electrons. The smallest absolute Gasteiger partial charge is 0.388 e. The fraction of sp³-hybridized carbons (Fsp3) is 0.182. The van der Waals surface area contributed by atoms with Crippen molar-refractivity contribution < 1.29 is 9.53 Å². The van der Waals surface area contributed by atoms with Crippen LogP contribution < -0.4 is 4.74 Å². The Balaban J connectivity index is 2.39. The number of aromatic nitrogens is 2. The molecule has 0 radical (unpaired) electrons. The summed E-state index contributed by atoms with van der Waals surface area (Å²) in [7, 11) is 3.16. The average Bonchev–Trinajstić information content (AvgIpc) is 2.80. The quantitative estimate of drug-likeness (QED) is 0.849. The Hall–Kier alpha value is -1.37. The van der Waals surface area contributed by atoms with Gasteiger partial charge >= 0.3 is 6.09 Å². The van der Waals surface area contributed by atoms with Crippen LogP contribution in [0.4, 0.5) is 4.79 Å². The minimum atomic E-state index is -0.535. The van der Waals surface area contributed by atoms with Gasteiger partial charge in [0, 0.05) is 24.7 Å². The largest absolute Gasteiger partial charge is 0.416 e. The third-order valence-corrected chi connectivity index (χ3v) is 3.27. The number of ether oxygens (including phenoxy) is 1. The zero-order chi connectivity index (χ0) is 14.0. The van der Waals surface area contributed by atoms with E-state index in [0.29, 0.717) is 21.3 Å². The molecule has 0 spiro atoms. The van der Waals surface area contributed by atoms with Crippen LogP contribution in [0.1, 0.15) is 0 Å². The first kappa shape index (κ1) is 14.0. The Bertz CT molecular complexity index is 616. The summed E-state index contributed by atoms with van der Waals surface area (Å²) in [6.45, 7) is 0. The van der Waals surface area contributed by atoms with Gasteiger partial charge in [-0.25, -0.2) is 4.79 Å². The molecule has 19 heavy (non-hydrogen) atoms. The van der Waals surface area contributed by atoms with Crippen LogP contribution >= 0.6 is 34.9 Å². The fourth-order valence-corrected chi connectivity index (χ4v) is 2.14. The zero-order valence-corrected chi connectivity index (χ0v) is 12.4. The summed E-state index contributed by atoms with van der Waals surface area (Å²) < 4.78 is 13.2. The molecule has 1 amide bonds. The summed E-state index contributed by atoms with van der Waals surface area (Å²) in [6, 6.07) is 4.96. The van der Waals surface area contributed by atoms with Gasteiger partial charge in [0.2, 0.25) is 0 Å². The van der Waals surface area contributed by atoms with E-state index in [-0.39, 0.29) is 5.88 Å². The SMILES string of the molecule is CN(C)C(=O)Oc1nsnc1-c1cc(Cl)ccc1Cl. The van der Waals surface area contributed by atoms with E-state index in [4.69, 9.17) is 27.9 Å². The van der Waals surface area contributed by atoms with Crippen LogP contribution in [0.3, 0.4) is 0 Å². The number of carbonyl (C=O) groups is 1. The maximum Gasteiger partial charge on any atom is 0.416 e. The summed E-state index contributed by atoms with van der Waals surface area (Å²) in [4.78, 5) is 12.8. The van der Waals surface area contributed by atoms with Crippen LogP contribution in [-0.4, -0.2) is 33.8 Å². The van der Waals surface area contributed by atoms with Crippen molar-refractivity contribution in [1.82, 2.24) is 13.6 Å². The molecule has 0 N–H and O–H groups in total. The van der Waals surface area contributed by atoms with Gasteiger partial charge in [0.25, 0.3) is 5.88 Å². The molecule has 0 aliphatic carbocycles. The molecule has 0 bridgehead atoms. The molecule has 0 aliphatic rings. The molecule has 0 saturated carbocycles. The topological polar surface area (TPSA) is 55.3 Å². The van der Waals surface area contributed by atoms with Gasteiger partial charge < -0.3 is 9.64 Å². The van der Waals surface area contributed by atoms with Crippen molar-refractivity contribution in [2.24, 2.45) is 0 Å². The number of carbonyl (C=O) groups excluding carboxylic acids is 1. The van der Waals surface area contributed by atoms with Crippen LogP contribution in [0.2, 0.25) is 10.0 Å². The van der Waals surface area contributed by atoms with Crippen LogP contribution in [0.25, 0.3) is 11.3 Å². The highest BCUT2D eigenvalue weighted by molar-refractivity contribution is 6.99. The van der Waals surface area contributed by atoms with Gasteiger partial charge in [-0.15, -0.1) is 4.37 Å². The van der Waals surface area contributed by atoms with Gasteiger partial charge in [0.1, 0.15) is 5.69 Å². The molecule has 1 aromatic heterocycles. The molecule has 0 fully saturated rings. The van der Waals surface area contributed by atoms with Gasteiger partial charge in [-0.3, -0.25) is 0 Å². The monoisotopic (exact) mass is 317 g/mol. The highest BCUT2D eigenvalue weighted by Gasteiger charge is 2.19. The number of benzene rings is 1. The van der Waals surface area contributed by atoms with E-state index < -0.39 is 6.09 Å². The predicted octanol–water partition coefficient (Wildman–Crippen LogP) is 3.57. The highest BCUT2D eigenvalue weighted by Crippen LogP contribution is 2.35. The molecule has 0 atom stereocenters. The second-order valence-corrected chi connectivity index (χ2v) is 5.18. The second-order valence-electron chi connectivity index (χ2n) is 3.80. The minimum absolute atomic E-state index is 0.118. The summed E-state index contributed by atoms with van der Waals surface area (Å²) in [5.74, 6) is 0.118. The van der Waals surface area contributed by atoms with Crippen LogP contribution in [0.15, 0.2) is 18.2 Å². The van der Waals surface area contributed by atoms with Crippen molar-refractivity contribution in [3.63, 3.8) is 0 Å². The van der Waals surface area contributed by atoms with Crippen molar-refractivity contribution in [1.29, 1.82) is 0 Å². The first-order chi connectivity index (χ1) is 8.99. The number of nitrogens with zero attached hydrogens (tertiary/aromatic N) is 3. The Labute approximate surface area is 124 Å².